The van der Waals surface area contributed by atoms with E-state index in [0.29, 0.717) is 5.92 Å². The van der Waals surface area contributed by atoms with Gasteiger partial charge in [-0.3, -0.25) is 0 Å². The zero-order valence-corrected chi connectivity index (χ0v) is 12.9. The van der Waals surface area contributed by atoms with Crippen LogP contribution < -0.4 is 5.32 Å². The van der Waals surface area contributed by atoms with Crippen molar-refractivity contribution in [1.82, 2.24) is 20.3 Å². The topological polar surface area (TPSA) is 63.0 Å². The molecule has 1 fully saturated rings. The van der Waals surface area contributed by atoms with Crippen LogP contribution in [0, 0.1) is 5.92 Å². The Morgan fingerprint density at radius 2 is 2.00 bits per heavy atom. The second-order valence-corrected chi connectivity index (χ2v) is 6.11. The van der Waals surface area contributed by atoms with E-state index in [-0.39, 0.29) is 6.10 Å². The summed E-state index contributed by atoms with van der Waals surface area (Å²) in [5, 5.41) is 21.7. The summed E-state index contributed by atoms with van der Waals surface area (Å²) in [6.07, 6.45) is 6.12. The Hall–Kier alpha value is -1.72. The Labute approximate surface area is 131 Å². The van der Waals surface area contributed by atoms with Crippen molar-refractivity contribution in [3.63, 3.8) is 0 Å². The third-order valence-corrected chi connectivity index (χ3v) is 4.45. The predicted octanol–water partition coefficient (Wildman–Crippen LogP) is 1.97. The third kappa shape index (κ3) is 3.93. The zero-order chi connectivity index (χ0) is 15.2. The number of aromatic nitrogens is 3. The summed E-state index contributed by atoms with van der Waals surface area (Å²) < 4.78 is 1.93. The molecule has 2 N–H and O–H groups in total. The van der Waals surface area contributed by atoms with Gasteiger partial charge in [0.15, 0.2) is 0 Å². The lowest BCUT2D eigenvalue weighted by Gasteiger charge is -2.27. The first kappa shape index (κ1) is 15.2. The maximum Gasteiger partial charge on any atom is 0.0738 e. The van der Waals surface area contributed by atoms with Crippen LogP contribution in [-0.2, 0) is 13.1 Å². The lowest BCUT2D eigenvalue weighted by molar-refractivity contribution is 0.0694. The van der Waals surface area contributed by atoms with Crippen LogP contribution in [-0.4, -0.2) is 32.7 Å². The van der Waals surface area contributed by atoms with Crippen molar-refractivity contribution in [2.24, 2.45) is 5.92 Å². The lowest BCUT2D eigenvalue weighted by atomic mass is 9.86. The molecule has 1 aromatic heterocycles. The first-order valence-corrected chi connectivity index (χ1v) is 8.13. The van der Waals surface area contributed by atoms with Gasteiger partial charge in [0.05, 0.1) is 24.5 Å². The van der Waals surface area contributed by atoms with Gasteiger partial charge < -0.3 is 10.4 Å². The van der Waals surface area contributed by atoms with Gasteiger partial charge in [0.1, 0.15) is 0 Å². The summed E-state index contributed by atoms with van der Waals surface area (Å²) in [5.74, 6) is 0.382. The number of nitrogens with one attached hydrogen (secondary N) is 1. The fourth-order valence-electron chi connectivity index (χ4n) is 3.12. The maximum atomic E-state index is 10.0. The number of rotatable bonds is 6. The highest BCUT2D eigenvalue weighted by Crippen LogP contribution is 2.23. The summed E-state index contributed by atoms with van der Waals surface area (Å²) in [4.78, 5) is 0. The first-order chi connectivity index (χ1) is 10.8. The molecule has 0 unspecified atom stereocenters. The van der Waals surface area contributed by atoms with Crippen LogP contribution in [0.15, 0.2) is 36.5 Å². The molecule has 0 bridgehead atoms. The number of nitrogens with zero attached hydrogens (tertiary/aromatic N) is 3. The molecule has 1 saturated carbocycles. The fourth-order valence-corrected chi connectivity index (χ4v) is 3.12. The van der Waals surface area contributed by atoms with Gasteiger partial charge in [-0.05, 0) is 24.3 Å². The smallest absolute Gasteiger partial charge is 0.0738 e. The molecule has 0 spiro atoms. The summed E-state index contributed by atoms with van der Waals surface area (Å²) in [7, 11) is 0. The van der Waals surface area contributed by atoms with Crippen LogP contribution in [0.2, 0.25) is 0 Å². The van der Waals surface area contributed by atoms with Crippen molar-refractivity contribution >= 4 is 0 Å². The summed E-state index contributed by atoms with van der Waals surface area (Å²) in [6.45, 7) is 2.34. The van der Waals surface area contributed by atoms with E-state index >= 15 is 0 Å². The summed E-state index contributed by atoms with van der Waals surface area (Å²) >= 11 is 0. The van der Waals surface area contributed by atoms with E-state index in [2.05, 4.69) is 27.8 Å². The van der Waals surface area contributed by atoms with Crippen LogP contribution in [0.25, 0.3) is 0 Å². The quantitative estimate of drug-likeness (QED) is 0.856. The van der Waals surface area contributed by atoms with E-state index in [1.807, 2.05) is 29.1 Å². The van der Waals surface area contributed by atoms with Crippen molar-refractivity contribution in [1.29, 1.82) is 0 Å². The molecule has 118 valence electrons. The van der Waals surface area contributed by atoms with Crippen LogP contribution in [0.5, 0.6) is 0 Å². The van der Waals surface area contributed by atoms with Gasteiger partial charge in [0, 0.05) is 13.1 Å². The van der Waals surface area contributed by atoms with Crippen LogP contribution in [0.1, 0.15) is 36.9 Å². The lowest BCUT2D eigenvalue weighted by Crippen LogP contribution is -2.34. The van der Waals surface area contributed by atoms with E-state index in [1.54, 1.807) is 0 Å². The second-order valence-electron chi connectivity index (χ2n) is 6.11. The average Bonchev–Trinajstić information content (AvgIpc) is 2.97. The van der Waals surface area contributed by atoms with Crippen molar-refractivity contribution in [2.45, 2.75) is 44.9 Å². The van der Waals surface area contributed by atoms with Crippen LogP contribution >= 0.6 is 0 Å². The average molecular weight is 300 g/mol. The number of hydrogen-bond donors (Lipinski definition) is 2. The minimum absolute atomic E-state index is 0.145. The molecule has 5 heteroatoms. The standard InChI is InChI=1S/C17H24N4O/c22-17-9-5-4-8-15(17)10-18-11-16-12-19-20-21(16)13-14-6-2-1-3-7-14/h1-3,6-7,12,15,17-18,22H,4-5,8-11,13H2/t15-,17+/m0/s1. The van der Waals surface area contributed by atoms with Gasteiger partial charge in [0.25, 0.3) is 0 Å². The predicted molar refractivity (Wildman–Crippen MR) is 85.2 cm³/mol. The third-order valence-electron chi connectivity index (χ3n) is 4.45. The first-order valence-electron chi connectivity index (χ1n) is 8.13. The van der Waals surface area contributed by atoms with E-state index in [4.69, 9.17) is 0 Å². The molecule has 0 aliphatic heterocycles. The second kappa shape index (κ2) is 7.51. The van der Waals surface area contributed by atoms with Crippen LogP contribution in [0.4, 0.5) is 0 Å². The Morgan fingerprint density at radius 3 is 2.82 bits per heavy atom. The zero-order valence-electron chi connectivity index (χ0n) is 12.9. The highest BCUT2D eigenvalue weighted by molar-refractivity contribution is 5.15. The van der Waals surface area contributed by atoms with E-state index in [9.17, 15) is 5.11 Å². The molecule has 1 aromatic carbocycles. The normalized spacial score (nSPS) is 21.9. The van der Waals surface area contributed by atoms with Gasteiger partial charge in [-0.15, -0.1) is 5.10 Å². The van der Waals surface area contributed by atoms with Gasteiger partial charge >= 0.3 is 0 Å². The number of hydrogen-bond acceptors (Lipinski definition) is 4. The Balaban J connectivity index is 1.52. The molecule has 1 heterocycles. The molecular weight excluding hydrogens is 276 g/mol. The van der Waals surface area contributed by atoms with Crippen molar-refractivity contribution in [3.05, 3.63) is 47.8 Å². The van der Waals surface area contributed by atoms with Gasteiger partial charge in [0.2, 0.25) is 0 Å². The summed E-state index contributed by atoms with van der Waals surface area (Å²) in [6, 6.07) is 10.3. The fraction of sp³-hybridized carbons (Fsp3) is 0.529. The van der Waals surface area contributed by atoms with Crippen molar-refractivity contribution in [3.8, 4) is 0 Å². The Bertz CT molecular complexity index is 569. The van der Waals surface area contributed by atoms with Crippen molar-refractivity contribution < 1.29 is 5.11 Å². The minimum atomic E-state index is -0.145. The van der Waals surface area contributed by atoms with E-state index in [0.717, 1.165) is 44.6 Å². The number of aliphatic hydroxyl groups excluding tert-OH is 1. The molecule has 2 atom stereocenters. The molecule has 1 aliphatic rings. The molecule has 1 aliphatic carbocycles. The monoisotopic (exact) mass is 300 g/mol. The Kier molecular flexibility index (Phi) is 5.19. The number of benzene rings is 1. The number of aliphatic hydroxyl groups is 1. The highest BCUT2D eigenvalue weighted by Gasteiger charge is 2.22. The molecular formula is C17H24N4O. The molecule has 0 saturated heterocycles. The van der Waals surface area contributed by atoms with Crippen molar-refractivity contribution in [2.75, 3.05) is 6.54 Å². The van der Waals surface area contributed by atoms with Gasteiger partial charge in [-0.2, -0.15) is 0 Å². The van der Waals surface area contributed by atoms with Crippen LogP contribution in [0.3, 0.4) is 0 Å². The molecule has 0 radical (unpaired) electrons. The highest BCUT2D eigenvalue weighted by atomic mass is 16.3. The SMILES string of the molecule is O[C@@H]1CCCC[C@H]1CNCc1cnnn1Cc1ccccc1. The molecule has 0 amide bonds. The molecule has 22 heavy (non-hydrogen) atoms. The largest absolute Gasteiger partial charge is 0.393 e. The minimum Gasteiger partial charge on any atom is -0.393 e. The van der Waals surface area contributed by atoms with Gasteiger partial charge in [-0.1, -0.05) is 48.4 Å². The molecule has 3 rings (SSSR count). The summed E-state index contributed by atoms with van der Waals surface area (Å²) in [5.41, 5.74) is 2.30. The maximum absolute atomic E-state index is 10.0. The van der Waals surface area contributed by atoms with E-state index in [1.165, 1.54) is 12.0 Å². The molecule has 5 nitrogen and oxygen atoms in total. The van der Waals surface area contributed by atoms with E-state index < -0.39 is 0 Å². The van der Waals surface area contributed by atoms with Gasteiger partial charge in [-0.25, -0.2) is 4.68 Å². The molecule has 2 aromatic rings. The Morgan fingerprint density at radius 1 is 1.18 bits per heavy atom.